The fraction of sp³-hybridized carbons (Fsp3) is 0.500. The van der Waals surface area contributed by atoms with Gasteiger partial charge in [-0.15, -0.1) is 0 Å². The molecular formula is C2F3I2O2-. The number of halogens is 5. The predicted molar refractivity (Wildman–Crippen MR) is 26.2 cm³/mol. The number of alkyl halides is 3. The molecule has 0 radical (unpaired) electrons. The SMILES string of the molecule is O=C(O[I-]I)C(F)(F)F. The molecule has 0 bridgehead atoms. The van der Waals surface area contributed by atoms with E-state index in [1.165, 1.54) is 0 Å². The van der Waals surface area contributed by atoms with Crippen LogP contribution < -0.4 is 17.6 Å². The number of carbonyl (C=O) groups is 1. The Morgan fingerprint density at radius 3 is 2.11 bits per heavy atom. The molecule has 0 N–H and O–H groups in total. The van der Waals surface area contributed by atoms with Crippen molar-refractivity contribution in [3.63, 3.8) is 0 Å². The molecular weight excluding hydrogens is 367 g/mol. The van der Waals surface area contributed by atoms with Gasteiger partial charge in [0.15, 0.2) is 0 Å². The monoisotopic (exact) mass is 367 g/mol. The van der Waals surface area contributed by atoms with E-state index in [2.05, 4.69) is 3.07 Å². The average Bonchev–Trinajstić information content (AvgIpc) is 1.64. The van der Waals surface area contributed by atoms with Gasteiger partial charge in [-0.3, -0.25) is 0 Å². The van der Waals surface area contributed by atoms with Gasteiger partial charge in [0, 0.05) is 0 Å². The molecule has 0 fully saturated rings. The Balaban J connectivity index is 3.74. The maximum absolute atomic E-state index is 11.2. The number of hydrogen-bond donors (Lipinski definition) is 0. The van der Waals surface area contributed by atoms with Gasteiger partial charge in [0.25, 0.3) is 0 Å². The average molecular weight is 367 g/mol. The second-order valence-corrected chi connectivity index (χ2v) is 3.93. The van der Waals surface area contributed by atoms with Crippen LogP contribution in [0.1, 0.15) is 0 Å². The standard InChI is InChI=1S/C2F3I2O2/c3-2(4,5)1(8)9-7-6/q-1. The summed E-state index contributed by atoms with van der Waals surface area (Å²) in [4.78, 5) is 9.74. The zero-order valence-electron chi connectivity index (χ0n) is 3.71. The number of rotatable bonds is 1. The Hall–Kier alpha value is 0.720. The zero-order valence-corrected chi connectivity index (χ0v) is 8.02. The topological polar surface area (TPSA) is 26.3 Å². The van der Waals surface area contributed by atoms with Gasteiger partial charge in [-0.05, 0) is 0 Å². The Morgan fingerprint density at radius 2 is 2.00 bits per heavy atom. The second-order valence-electron chi connectivity index (χ2n) is 0.921. The van der Waals surface area contributed by atoms with Gasteiger partial charge in [0.05, 0.1) is 0 Å². The first-order valence-corrected chi connectivity index (χ1v) is 8.69. The van der Waals surface area contributed by atoms with Crippen LogP contribution in [0.3, 0.4) is 0 Å². The molecule has 9 heavy (non-hydrogen) atoms. The first-order valence-electron chi connectivity index (χ1n) is 1.52. The van der Waals surface area contributed by atoms with Crippen molar-refractivity contribution in [2.45, 2.75) is 6.18 Å². The van der Waals surface area contributed by atoms with Crippen molar-refractivity contribution in [2.75, 3.05) is 0 Å². The third-order valence-electron chi connectivity index (χ3n) is 0.331. The summed E-state index contributed by atoms with van der Waals surface area (Å²) in [5.74, 6) is -2.09. The van der Waals surface area contributed by atoms with Crippen molar-refractivity contribution < 1.29 is 38.7 Å². The van der Waals surface area contributed by atoms with Crippen LogP contribution in [0.25, 0.3) is 0 Å². The first kappa shape index (κ1) is 9.72. The van der Waals surface area contributed by atoms with Crippen molar-refractivity contribution in [1.29, 1.82) is 0 Å². The molecule has 0 saturated carbocycles. The summed E-state index contributed by atoms with van der Waals surface area (Å²) in [6, 6.07) is 0. The van der Waals surface area contributed by atoms with Gasteiger partial charge in [-0.1, -0.05) is 0 Å². The van der Waals surface area contributed by atoms with Gasteiger partial charge in [-0.2, -0.15) is 0 Å². The van der Waals surface area contributed by atoms with Crippen molar-refractivity contribution in [3.05, 3.63) is 0 Å². The summed E-state index contributed by atoms with van der Waals surface area (Å²) in [7, 11) is 0. The Kier molecular flexibility index (Phi) is 4.09. The van der Waals surface area contributed by atoms with Gasteiger partial charge in [0.1, 0.15) is 0 Å². The van der Waals surface area contributed by atoms with E-state index in [4.69, 9.17) is 0 Å². The van der Waals surface area contributed by atoms with E-state index in [1.54, 1.807) is 18.6 Å². The zero-order chi connectivity index (χ0) is 7.49. The van der Waals surface area contributed by atoms with E-state index in [0.717, 1.165) is 0 Å². The van der Waals surface area contributed by atoms with Gasteiger partial charge < -0.3 is 0 Å². The van der Waals surface area contributed by atoms with Crippen molar-refractivity contribution >= 4 is 24.6 Å². The van der Waals surface area contributed by atoms with Crippen LogP contribution in [-0.2, 0) is 7.86 Å². The molecule has 0 spiro atoms. The molecule has 0 aromatic heterocycles. The first-order chi connectivity index (χ1) is 3.98. The summed E-state index contributed by atoms with van der Waals surface area (Å²) in [6.07, 6.45) is -4.83. The number of carbonyl (C=O) groups excluding carboxylic acids is 1. The van der Waals surface area contributed by atoms with Crippen LogP contribution in [0, 0.1) is 0 Å². The molecule has 0 atom stereocenters. The van der Waals surface area contributed by atoms with Crippen molar-refractivity contribution in [3.8, 4) is 0 Å². The fourth-order valence-electron chi connectivity index (χ4n) is 0.0702. The molecule has 56 valence electrons. The molecule has 7 heteroatoms. The molecule has 0 aliphatic heterocycles. The number of hydrogen-bond acceptors (Lipinski definition) is 2. The second kappa shape index (κ2) is 3.78. The third-order valence-corrected chi connectivity index (χ3v) is 2.01. The van der Waals surface area contributed by atoms with E-state index in [1.807, 2.05) is 0 Å². The summed E-state index contributed by atoms with van der Waals surface area (Å²) < 4.78 is 37.3. The van der Waals surface area contributed by atoms with Crippen LogP contribution in [-0.4, -0.2) is 12.1 Å². The Morgan fingerprint density at radius 1 is 1.56 bits per heavy atom. The van der Waals surface area contributed by atoms with E-state index >= 15 is 0 Å². The van der Waals surface area contributed by atoms with Crippen molar-refractivity contribution in [1.82, 2.24) is 0 Å². The van der Waals surface area contributed by atoms with E-state index in [9.17, 15) is 18.0 Å². The molecule has 0 aromatic carbocycles. The van der Waals surface area contributed by atoms with E-state index < -0.39 is 29.8 Å². The minimum absolute atomic E-state index is 1.10. The normalized spacial score (nSPS) is 11.6. The van der Waals surface area contributed by atoms with Crippen LogP contribution in [0.4, 0.5) is 13.2 Å². The third kappa shape index (κ3) is 4.17. The summed E-state index contributed by atoms with van der Waals surface area (Å²) in [5.41, 5.74) is 0. The quantitative estimate of drug-likeness (QED) is 0.525. The molecule has 0 saturated heterocycles. The summed E-state index contributed by atoms with van der Waals surface area (Å²) in [6.45, 7) is 0. The molecule has 0 aliphatic carbocycles. The molecule has 0 amide bonds. The molecule has 0 aliphatic rings. The molecule has 0 rings (SSSR count). The van der Waals surface area contributed by atoms with Gasteiger partial charge >= 0.3 is 69.4 Å². The summed E-state index contributed by atoms with van der Waals surface area (Å²) >= 11 is 0.511. The van der Waals surface area contributed by atoms with E-state index in [-0.39, 0.29) is 0 Å². The molecule has 0 heterocycles. The van der Waals surface area contributed by atoms with Crippen LogP contribution in [0.5, 0.6) is 0 Å². The minimum atomic E-state index is -4.83. The fourth-order valence-corrected chi connectivity index (χ4v) is 1.49. The molecule has 0 unspecified atom stereocenters. The van der Waals surface area contributed by atoms with Crippen LogP contribution >= 0.6 is 18.6 Å². The van der Waals surface area contributed by atoms with E-state index in [0.29, 0.717) is 0 Å². The molecule has 0 aromatic rings. The summed E-state index contributed by atoms with van der Waals surface area (Å²) in [5, 5.41) is 0. The maximum atomic E-state index is 11.2. The van der Waals surface area contributed by atoms with Crippen LogP contribution in [0.15, 0.2) is 0 Å². The van der Waals surface area contributed by atoms with Gasteiger partial charge in [-0.25, -0.2) is 0 Å². The molecule has 2 nitrogen and oxygen atoms in total. The Bertz CT molecular complexity index is 111. The van der Waals surface area contributed by atoms with Crippen molar-refractivity contribution in [2.24, 2.45) is 0 Å². The Labute approximate surface area is 69.1 Å². The predicted octanol–water partition coefficient (Wildman–Crippen LogP) is -1.55. The van der Waals surface area contributed by atoms with Gasteiger partial charge in [0.2, 0.25) is 0 Å². The van der Waals surface area contributed by atoms with Crippen LogP contribution in [0.2, 0.25) is 0 Å².